The zero-order chi connectivity index (χ0) is 13.8. The summed E-state index contributed by atoms with van der Waals surface area (Å²) in [5.41, 5.74) is 1.00. The van der Waals surface area contributed by atoms with Crippen molar-refractivity contribution < 1.29 is 4.42 Å². The Labute approximate surface area is 120 Å². The summed E-state index contributed by atoms with van der Waals surface area (Å²) in [6.45, 7) is 7.79. The van der Waals surface area contributed by atoms with Crippen LogP contribution in [0.5, 0.6) is 0 Å². The van der Waals surface area contributed by atoms with Crippen LogP contribution in [-0.2, 0) is 6.54 Å². The molecule has 0 aliphatic carbocycles. The smallest absolute Gasteiger partial charge is 0.134 e. The summed E-state index contributed by atoms with van der Waals surface area (Å²) in [5, 5.41) is 4.65. The first kappa shape index (κ1) is 13.7. The van der Waals surface area contributed by atoms with Crippen molar-refractivity contribution >= 4 is 11.0 Å². The fourth-order valence-corrected chi connectivity index (χ4v) is 3.07. The number of hydrogen-bond acceptors (Lipinski definition) is 3. The van der Waals surface area contributed by atoms with Gasteiger partial charge in [0.15, 0.2) is 0 Å². The zero-order valence-corrected chi connectivity index (χ0v) is 12.3. The topological polar surface area (TPSA) is 28.4 Å². The molecule has 3 nitrogen and oxygen atoms in total. The molecule has 2 aromatic rings. The van der Waals surface area contributed by atoms with Crippen LogP contribution in [0.2, 0.25) is 0 Å². The summed E-state index contributed by atoms with van der Waals surface area (Å²) in [6.07, 6.45) is 2.60. The maximum atomic E-state index is 5.94. The van der Waals surface area contributed by atoms with Crippen LogP contribution in [0.25, 0.3) is 11.0 Å². The number of piperidine rings is 1. The van der Waals surface area contributed by atoms with Gasteiger partial charge in [0.25, 0.3) is 0 Å². The molecule has 0 bridgehead atoms. The maximum Gasteiger partial charge on any atom is 0.134 e. The maximum absolute atomic E-state index is 5.94. The van der Waals surface area contributed by atoms with Crippen LogP contribution in [0, 0.1) is 5.92 Å². The molecule has 1 aliphatic rings. The van der Waals surface area contributed by atoms with E-state index in [2.05, 4.69) is 35.3 Å². The van der Waals surface area contributed by atoms with E-state index in [4.69, 9.17) is 4.42 Å². The monoisotopic (exact) mass is 272 g/mol. The standard InChI is InChI=1S/C17H24N2O/c1-2-19(12-14-7-9-18-10-8-14)13-16-11-15-5-3-4-6-17(15)20-16/h3-6,11,14,18H,2,7-10,12-13H2,1H3. The Morgan fingerprint density at radius 3 is 2.80 bits per heavy atom. The van der Waals surface area contributed by atoms with Gasteiger partial charge in [-0.2, -0.15) is 0 Å². The van der Waals surface area contributed by atoms with Gasteiger partial charge in [0.2, 0.25) is 0 Å². The molecule has 0 amide bonds. The van der Waals surface area contributed by atoms with Crippen molar-refractivity contribution in [2.45, 2.75) is 26.3 Å². The lowest BCUT2D eigenvalue weighted by Crippen LogP contribution is -2.35. The molecule has 1 aliphatic heterocycles. The van der Waals surface area contributed by atoms with Gasteiger partial charge in [-0.15, -0.1) is 0 Å². The molecule has 2 heterocycles. The normalized spacial score (nSPS) is 17.1. The Bertz CT molecular complexity index is 510. The van der Waals surface area contributed by atoms with Crippen LogP contribution in [0.1, 0.15) is 25.5 Å². The van der Waals surface area contributed by atoms with Gasteiger partial charge in [0.1, 0.15) is 11.3 Å². The molecular weight excluding hydrogens is 248 g/mol. The first-order valence-corrected chi connectivity index (χ1v) is 7.75. The number of rotatable bonds is 5. The molecule has 1 saturated heterocycles. The summed E-state index contributed by atoms with van der Waals surface area (Å²) < 4.78 is 5.94. The molecule has 0 radical (unpaired) electrons. The third kappa shape index (κ3) is 3.22. The number of furan rings is 1. The molecule has 20 heavy (non-hydrogen) atoms. The highest BCUT2D eigenvalue weighted by Gasteiger charge is 2.17. The number of hydrogen-bond donors (Lipinski definition) is 1. The largest absolute Gasteiger partial charge is 0.460 e. The van der Waals surface area contributed by atoms with Crippen molar-refractivity contribution in [3.63, 3.8) is 0 Å². The Balaban J connectivity index is 1.64. The van der Waals surface area contributed by atoms with Crippen molar-refractivity contribution in [3.8, 4) is 0 Å². The van der Waals surface area contributed by atoms with Crippen LogP contribution >= 0.6 is 0 Å². The van der Waals surface area contributed by atoms with Crippen molar-refractivity contribution in [1.29, 1.82) is 0 Å². The summed E-state index contributed by atoms with van der Waals surface area (Å²) in [4.78, 5) is 2.51. The van der Waals surface area contributed by atoms with Crippen molar-refractivity contribution in [2.24, 2.45) is 5.92 Å². The lowest BCUT2D eigenvalue weighted by atomic mass is 9.97. The predicted molar refractivity (Wildman–Crippen MR) is 82.8 cm³/mol. The molecule has 1 fully saturated rings. The van der Waals surface area contributed by atoms with Gasteiger partial charge in [0.05, 0.1) is 6.54 Å². The van der Waals surface area contributed by atoms with E-state index in [1.165, 1.54) is 37.9 Å². The van der Waals surface area contributed by atoms with Crippen LogP contribution < -0.4 is 5.32 Å². The first-order valence-electron chi connectivity index (χ1n) is 7.75. The van der Waals surface area contributed by atoms with Crippen molar-refractivity contribution in [3.05, 3.63) is 36.1 Å². The lowest BCUT2D eigenvalue weighted by molar-refractivity contribution is 0.196. The van der Waals surface area contributed by atoms with Gasteiger partial charge in [-0.25, -0.2) is 0 Å². The number of nitrogens with zero attached hydrogens (tertiary/aromatic N) is 1. The van der Waals surface area contributed by atoms with E-state index < -0.39 is 0 Å². The van der Waals surface area contributed by atoms with E-state index in [0.717, 1.165) is 30.4 Å². The van der Waals surface area contributed by atoms with Crippen LogP contribution in [0.4, 0.5) is 0 Å². The highest BCUT2D eigenvalue weighted by atomic mass is 16.3. The second-order valence-corrected chi connectivity index (χ2v) is 5.77. The lowest BCUT2D eigenvalue weighted by Gasteiger charge is -2.28. The third-order valence-corrected chi connectivity index (χ3v) is 4.28. The first-order chi connectivity index (χ1) is 9.85. The number of benzene rings is 1. The molecule has 1 N–H and O–H groups in total. The molecule has 0 atom stereocenters. The molecule has 3 rings (SSSR count). The number of fused-ring (bicyclic) bond motifs is 1. The molecule has 1 aromatic heterocycles. The number of para-hydroxylation sites is 1. The quantitative estimate of drug-likeness (QED) is 0.905. The van der Waals surface area contributed by atoms with Gasteiger partial charge in [-0.3, -0.25) is 4.90 Å². The zero-order valence-electron chi connectivity index (χ0n) is 12.3. The van der Waals surface area contributed by atoms with Gasteiger partial charge >= 0.3 is 0 Å². The fourth-order valence-electron chi connectivity index (χ4n) is 3.07. The summed E-state index contributed by atoms with van der Waals surface area (Å²) >= 11 is 0. The Hall–Kier alpha value is -1.32. The van der Waals surface area contributed by atoms with E-state index in [1.807, 2.05) is 12.1 Å². The molecule has 108 valence electrons. The minimum atomic E-state index is 0.834. The Morgan fingerprint density at radius 2 is 2.05 bits per heavy atom. The van der Waals surface area contributed by atoms with E-state index in [-0.39, 0.29) is 0 Å². The minimum Gasteiger partial charge on any atom is -0.460 e. The molecule has 1 aromatic carbocycles. The van der Waals surface area contributed by atoms with Gasteiger partial charge < -0.3 is 9.73 Å². The van der Waals surface area contributed by atoms with E-state index >= 15 is 0 Å². The second kappa shape index (κ2) is 6.42. The van der Waals surface area contributed by atoms with Crippen molar-refractivity contribution in [1.82, 2.24) is 10.2 Å². The molecular formula is C17H24N2O. The van der Waals surface area contributed by atoms with Crippen LogP contribution in [-0.4, -0.2) is 31.1 Å². The van der Waals surface area contributed by atoms with E-state index in [0.29, 0.717) is 0 Å². The van der Waals surface area contributed by atoms with Gasteiger partial charge in [0, 0.05) is 11.9 Å². The average molecular weight is 272 g/mol. The number of nitrogens with one attached hydrogen (secondary N) is 1. The molecule has 0 spiro atoms. The fraction of sp³-hybridized carbons (Fsp3) is 0.529. The molecule has 0 saturated carbocycles. The SMILES string of the molecule is CCN(Cc1cc2ccccc2o1)CC1CCNCC1. The minimum absolute atomic E-state index is 0.834. The van der Waals surface area contributed by atoms with Crippen LogP contribution in [0.3, 0.4) is 0 Å². The average Bonchev–Trinajstić information content (AvgIpc) is 2.90. The summed E-state index contributed by atoms with van der Waals surface area (Å²) in [5.74, 6) is 1.92. The molecule has 3 heteroatoms. The Kier molecular flexibility index (Phi) is 4.38. The van der Waals surface area contributed by atoms with Crippen LogP contribution in [0.15, 0.2) is 34.7 Å². The van der Waals surface area contributed by atoms with E-state index in [1.54, 1.807) is 0 Å². The highest BCUT2D eigenvalue weighted by molar-refractivity contribution is 5.77. The summed E-state index contributed by atoms with van der Waals surface area (Å²) in [6, 6.07) is 10.4. The predicted octanol–water partition coefficient (Wildman–Crippen LogP) is 3.25. The molecule has 0 unspecified atom stereocenters. The second-order valence-electron chi connectivity index (χ2n) is 5.77. The van der Waals surface area contributed by atoms with Crippen molar-refractivity contribution in [2.75, 3.05) is 26.2 Å². The van der Waals surface area contributed by atoms with Gasteiger partial charge in [-0.05, 0) is 50.5 Å². The van der Waals surface area contributed by atoms with E-state index in [9.17, 15) is 0 Å². The highest BCUT2D eigenvalue weighted by Crippen LogP contribution is 2.21. The van der Waals surface area contributed by atoms with Gasteiger partial charge in [-0.1, -0.05) is 25.1 Å². The third-order valence-electron chi connectivity index (χ3n) is 4.28. The summed E-state index contributed by atoms with van der Waals surface area (Å²) in [7, 11) is 0. The Morgan fingerprint density at radius 1 is 1.25 bits per heavy atom.